The third kappa shape index (κ3) is 3.01. The van der Waals surface area contributed by atoms with Crippen LogP contribution in [0.4, 0.5) is 5.69 Å². The summed E-state index contributed by atoms with van der Waals surface area (Å²) in [7, 11) is 0. The van der Waals surface area contributed by atoms with Crippen LogP contribution in [0, 0.1) is 0 Å². The molecule has 0 spiro atoms. The van der Waals surface area contributed by atoms with Gasteiger partial charge in [0.25, 0.3) is 5.91 Å². The average Bonchev–Trinajstić information content (AvgIpc) is 2.72. The van der Waals surface area contributed by atoms with Gasteiger partial charge in [-0.15, -0.1) is 11.3 Å². The Balaban J connectivity index is 2.21. The molecule has 0 saturated carbocycles. The largest absolute Gasteiger partial charge is 0.320 e. The predicted molar refractivity (Wildman–Crippen MR) is 76.4 cm³/mol. The summed E-state index contributed by atoms with van der Waals surface area (Å²) in [4.78, 5) is 12.5. The number of hydrogen-bond donors (Lipinski definition) is 1. The number of amides is 1. The predicted octanol–water partition coefficient (Wildman–Crippen LogP) is 5.07. The van der Waals surface area contributed by atoms with E-state index in [1.54, 1.807) is 24.3 Å². The van der Waals surface area contributed by atoms with E-state index in [9.17, 15) is 4.79 Å². The summed E-state index contributed by atoms with van der Waals surface area (Å²) >= 11 is 16.5. The van der Waals surface area contributed by atoms with Crippen LogP contribution in [0.2, 0.25) is 10.0 Å². The third-order valence-electron chi connectivity index (χ3n) is 2.00. The molecule has 2 aromatic rings. The van der Waals surface area contributed by atoms with Gasteiger partial charge < -0.3 is 5.32 Å². The Bertz CT molecular complexity index is 570. The van der Waals surface area contributed by atoms with Gasteiger partial charge in [-0.2, -0.15) is 0 Å². The zero-order chi connectivity index (χ0) is 12.4. The molecule has 0 fully saturated rings. The molecular formula is C11H6BrCl2NOS. The van der Waals surface area contributed by atoms with Crippen molar-refractivity contribution in [3.05, 3.63) is 49.0 Å². The van der Waals surface area contributed by atoms with Crippen LogP contribution in [0.5, 0.6) is 0 Å². The number of benzene rings is 1. The summed E-state index contributed by atoms with van der Waals surface area (Å²) in [6.45, 7) is 0. The molecule has 0 radical (unpaired) electrons. The van der Waals surface area contributed by atoms with Crippen LogP contribution < -0.4 is 5.32 Å². The summed E-state index contributed by atoms with van der Waals surface area (Å²) in [5, 5.41) is 3.47. The lowest BCUT2D eigenvalue weighted by Crippen LogP contribution is -2.10. The Hall–Kier alpha value is -0.550. The molecule has 1 aromatic carbocycles. The summed E-state index contributed by atoms with van der Waals surface area (Å²) < 4.78 is 0.903. The van der Waals surface area contributed by atoms with E-state index in [1.807, 2.05) is 6.07 Å². The standard InChI is InChI=1S/C11H6BrCl2NOS/c12-9-5-4-8(17-9)11(16)15-7-3-1-2-6(13)10(7)14/h1-5H,(H,15,16). The highest BCUT2D eigenvalue weighted by atomic mass is 79.9. The normalized spacial score (nSPS) is 10.3. The van der Waals surface area contributed by atoms with E-state index in [0.29, 0.717) is 20.6 Å². The quantitative estimate of drug-likeness (QED) is 0.804. The topological polar surface area (TPSA) is 29.1 Å². The molecule has 6 heteroatoms. The van der Waals surface area contributed by atoms with Gasteiger partial charge in [-0.25, -0.2) is 0 Å². The number of halogens is 3. The van der Waals surface area contributed by atoms with E-state index in [-0.39, 0.29) is 5.91 Å². The van der Waals surface area contributed by atoms with Crippen molar-refractivity contribution in [3.8, 4) is 0 Å². The first kappa shape index (κ1) is 12.9. The van der Waals surface area contributed by atoms with Gasteiger partial charge in [-0.1, -0.05) is 29.3 Å². The van der Waals surface area contributed by atoms with Crippen molar-refractivity contribution in [2.24, 2.45) is 0 Å². The molecule has 1 aromatic heterocycles. The van der Waals surface area contributed by atoms with E-state index in [4.69, 9.17) is 23.2 Å². The molecule has 0 bridgehead atoms. The van der Waals surface area contributed by atoms with Gasteiger partial charge in [0.2, 0.25) is 0 Å². The Morgan fingerprint density at radius 3 is 2.65 bits per heavy atom. The summed E-state index contributed by atoms with van der Waals surface area (Å²) in [6, 6.07) is 8.66. The smallest absolute Gasteiger partial charge is 0.265 e. The molecule has 1 heterocycles. The molecule has 2 nitrogen and oxygen atoms in total. The molecule has 88 valence electrons. The Morgan fingerprint density at radius 1 is 1.24 bits per heavy atom. The van der Waals surface area contributed by atoms with Crippen LogP contribution in [0.25, 0.3) is 0 Å². The van der Waals surface area contributed by atoms with Crippen LogP contribution >= 0.6 is 50.5 Å². The zero-order valence-corrected chi connectivity index (χ0v) is 12.3. The number of carbonyl (C=O) groups excluding carboxylic acids is 1. The van der Waals surface area contributed by atoms with Crippen molar-refractivity contribution in [2.75, 3.05) is 5.32 Å². The van der Waals surface area contributed by atoms with Gasteiger partial charge in [0, 0.05) is 0 Å². The maximum absolute atomic E-state index is 11.9. The first-order chi connectivity index (χ1) is 8.08. The van der Waals surface area contributed by atoms with E-state index in [2.05, 4.69) is 21.2 Å². The molecular weight excluding hydrogens is 345 g/mol. The van der Waals surface area contributed by atoms with Crippen molar-refractivity contribution in [3.63, 3.8) is 0 Å². The summed E-state index contributed by atoms with van der Waals surface area (Å²) in [6.07, 6.45) is 0. The third-order valence-corrected chi connectivity index (χ3v) is 4.44. The lowest BCUT2D eigenvalue weighted by molar-refractivity contribution is 0.103. The van der Waals surface area contributed by atoms with Crippen LogP contribution in [0.3, 0.4) is 0 Å². The lowest BCUT2D eigenvalue weighted by atomic mass is 10.3. The van der Waals surface area contributed by atoms with E-state index < -0.39 is 0 Å². The second-order valence-electron chi connectivity index (χ2n) is 3.16. The monoisotopic (exact) mass is 349 g/mol. The van der Waals surface area contributed by atoms with Gasteiger partial charge in [0.15, 0.2) is 0 Å². The van der Waals surface area contributed by atoms with Crippen molar-refractivity contribution in [2.45, 2.75) is 0 Å². The van der Waals surface area contributed by atoms with Crippen molar-refractivity contribution >= 4 is 62.1 Å². The summed E-state index contributed by atoms with van der Waals surface area (Å²) in [5.74, 6) is -0.204. The minimum Gasteiger partial charge on any atom is -0.320 e. The van der Waals surface area contributed by atoms with Crippen molar-refractivity contribution in [1.29, 1.82) is 0 Å². The van der Waals surface area contributed by atoms with Crippen LogP contribution in [-0.2, 0) is 0 Å². The fourth-order valence-electron chi connectivity index (χ4n) is 1.22. The fourth-order valence-corrected chi connectivity index (χ4v) is 2.85. The molecule has 0 aliphatic carbocycles. The fraction of sp³-hybridized carbons (Fsp3) is 0. The molecule has 17 heavy (non-hydrogen) atoms. The highest BCUT2D eigenvalue weighted by molar-refractivity contribution is 9.11. The maximum Gasteiger partial charge on any atom is 0.265 e. The number of thiophene rings is 1. The molecule has 0 aliphatic heterocycles. The van der Waals surface area contributed by atoms with Gasteiger partial charge in [-0.3, -0.25) is 4.79 Å². The SMILES string of the molecule is O=C(Nc1cccc(Cl)c1Cl)c1ccc(Br)s1. The summed E-state index contributed by atoms with van der Waals surface area (Å²) in [5.41, 5.74) is 0.508. The number of anilines is 1. The average molecular weight is 351 g/mol. The molecule has 0 atom stereocenters. The van der Waals surface area contributed by atoms with Gasteiger partial charge in [0.1, 0.15) is 0 Å². The Kier molecular flexibility index (Phi) is 4.09. The van der Waals surface area contributed by atoms with Gasteiger partial charge in [-0.05, 0) is 40.2 Å². The van der Waals surface area contributed by atoms with E-state index >= 15 is 0 Å². The number of hydrogen-bond acceptors (Lipinski definition) is 2. The second kappa shape index (κ2) is 5.40. The highest BCUT2D eigenvalue weighted by Crippen LogP contribution is 2.30. The highest BCUT2D eigenvalue weighted by Gasteiger charge is 2.11. The second-order valence-corrected chi connectivity index (χ2v) is 6.41. The molecule has 1 amide bonds. The number of rotatable bonds is 2. The molecule has 1 N–H and O–H groups in total. The number of carbonyl (C=O) groups is 1. The molecule has 0 aliphatic rings. The van der Waals surface area contributed by atoms with Crippen LogP contribution in [0.15, 0.2) is 34.1 Å². The molecule has 0 unspecified atom stereocenters. The Labute approximate surface area is 121 Å². The minimum absolute atomic E-state index is 0.204. The van der Waals surface area contributed by atoms with Crippen LogP contribution in [-0.4, -0.2) is 5.91 Å². The first-order valence-electron chi connectivity index (χ1n) is 4.58. The lowest BCUT2D eigenvalue weighted by Gasteiger charge is -2.06. The van der Waals surface area contributed by atoms with Gasteiger partial charge >= 0.3 is 0 Å². The first-order valence-corrected chi connectivity index (χ1v) is 6.95. The molecule has 0 saturated heterocycles. The van der Waals surface area contributed by atoms with Crippen molar-refractivity contribution in [1.82, 2.24) is 0 Å². The van der Waals surface area contributed by atoms with E-state index in [0.717, 1.165) is 3.79 Å². The van der Waals surface area contributed by atoms with E-state index in [1.165, 1.54) is 11.3 Å². The van der Waals surface area contributed by atoms with Crippen molar-refractivity contribution < 1.29 is 4.79 Å². The Morgan fingerprint density at radius 2 is 2.00 bits per heavy atom. The van der Waals surface area contributed by atoms with Crippen LogP contribution in [0.1, 0.15) is 9.67 Å². The number of nitrogens with one attached hydrogen (secondary N) is 1. The molecule has 2 rings (SSSR count). The zero-order valence-electron chi connectivity index (χ0n) is 8.34. The minimum atomic E-state index is -0.204. The maximum atomic E-state index is 11.9. The van der Waals surface area contributed by atoms with Gasteiger partial charge in [0.05, 0.1) is 24.4 Å².